The van der Waals surface area contributed by atoms with Gasteiger partial charge < -0.3 is 15.2 Å². The lowest BCUT2D eigenvalue weighted by molar-refractivity contribution is 0.412. The normalized spacial score (nSPS) is 10.3. The molecule has 0 amide bonds. The number of nitrogens with one attached hydrogen (secondary N) is 1. The van der Waals surface area contributed by atoms with Gasteiger partial charge in [0, 0.05) is 0 Å². The summed E-state index contributed by atoms with van der Waals surface area (Å²) >= 11 is 0. The molecule has 0 spiro atoms. The van der Waals surface area contributed by atoms with Gasteiger partial charge in [-0.1, -0.05) is 36.4 Å². The molecule has 30 heavy (non-hydrogen) atoms. The summed E-state index contributed by atoms with van der Waals surface area (Å²) in [5, 5.41) is 1.90. The molecule has 0 radical (unpaired) electrons. The Hall–Kier alpha value is -4.26. The van der Waals surface area contributed by atoms with Crippen LogP contribution in [0.25, 0.3) is 0 Å². The van der Waals surface area contributed by atoms with Crippen molar-refractivity contribution in [2.45, 2.75) is 0 Å². The van der Waals surface area contributed by atoms with Crippen LogP contribution in [-0.2, 0) is 0 Å². The van der Waals surface area contributed by atoms with E-state index in [1.165, 1.54) is 6.33 Å². The Kier molecular flexibility index (Phi) is 5.61. The number of nitrogens with zero attached hydrogens (tertiary/aromatic N) is 3. The van der Waals surface area contributed by atoms with Crippen molar-refractivity contribution in [3.8, 4) is 17.4 Å². The van der Waals surface area contributed by atoms with Crippen LogP contribution in [0.3, 0.4) is 0 Å². The summed E-state index contributed by atoms with van der Waals surface area (Å²) in [6.45, 7) is 0. The third-order valence-corrected chi connectivity index (χ3v) is 4.37. The molecule has 150 valence electrons. The molecule has 3 N–H and O–H groups in total. The van der Waals surface area contributed by atoms with Gasteiger partial charge in [-0.25, -0.2) is 4.98 Å². The van der Waals surface area contributed by atoms with Gasteiger partial charge >= 0.3 is 0 Å². The van der Waals surface area contributed by atoms with Crippen LogP contribution in [0.5, 0.6) is 17.4 Å². The highest BCUT2D eigenvalue weighted by atomic mass is 16.5. The molecule has 3 aromatic carbocycles. The zero-order chi connectivity index (χ0) is 20.8. The van der Waals surface area contributed by atoms with Crippen LogP contribution in [0, 0.1) is 0 Å². The van der Waals surface area contributed by atoms with Gasteiger partial charge in [-0.2, -0.15) is 4.98 Å². The number of para-hydroxylation sites is 2. The lowest BCUT2D eigenvalue weighted by atomic mass is 10.2. The second-order valence-corrected chi connectivity index (χ2v) is 6.34. The SMILES string of the molecule is COc1ccc(Oc2ncnc(NN(c3ccccc3)c3ccccc3)c2N)cc1. The number of aromatic nitrogens is 2. The summed E-state index contributed by atoms with van der Waals surface area (Å²) in [5.41, 5.74) is 11.8. The smallest absolute Gasteiger partial charge is 0.248 e. The van der Waals surface area contributed by atoms with Crippen molar-refractivity contribution in [2.75, 3.05) is 23.3 Å². The highest BCUT2D eigenvalue weighted by molar-refractivity contribution is 5.74. The van der Waals surface area contributed by atoms with E-state index < -0.39 is 0 Å². The zero-order valence-electron chi connectivity index (χ0n) is 16.4. The third-order valence-electron chi connectivity index (χ3n) is 4.37. The zero-order valence-corrected chi connectivity index (χ0v) is 16.4. The Morgan fingerprint density at radius 3 is 1.90 bits per heavy atom. The first-order valence-electron chi connectivity index (χ1n) is 9.34. The average molecular weight is 399 g/mol. The highest BCUT2D eigenvalue weighted by Crippen LogP contribution is 2.32. The maximum Gasteiger partial charge on any atom is 0.248 e. The Balaban J connectivity index is 1.63. The van der Waals surface area contributed by atoms with Crippen molar-refractivity contribution in [2.24, 2.45) is 0 Å². The summed E-state index contributed by atoms with van der Waals surface area (Å²) in [5.74, 6) is 2.02. The van der Waals surface area contributed by atoms with Crippen molar-refractivity contribution < 1.29 is 9.47 Å². The molecule has 7 heteroatoms. The largest absolute Gasteiger partial charge is 0.497 e. The van der Waals surface area contributed by atoms with Crippen LogP contribution in [0.2, 0.25) is 0 Å². The Morgan fingerprint density at radius 2 is 1.33 bits per heavy atom. The minimum atomic E-state index is 0.263. The molecule has 0 bridgehead atoms. The molecule has 0 saturated heterocycles. The Bertz CT molecular complexity index is 1050. The highest BCUT2D eigenvalue weighted by Gasteiger charge is 2.15. The number of hydrazine groups is 1. The van der Waals surface area contributed by atoms with Crippen LogP contribution < -0.4 is 25.6 Å². The Labute approximate surface area is 174 Å². The first-order chi connectivity index (χ1) is 14.7. The van der Waals surface area contributed by atoms with Crippen molar-refractivity contribution in [3.63, 3.8) is 0 Å². The number of benzene rings is 3. The molecule has 0 aliphatic heterocycles. The number of nitrogens with two attached hydrogens (primary N) is 1. The molecular formula is C23H21N5O2. The molecule has 0 aliphatic rings. The van der Waals surface area contributed by atoms with E-state index in [1.54, 1.807) is 31.4 Å². The number of ether oxygens (including phenoxy) is 2. The minimum absolute atomic E-state index is 0.263. The third kappa shape index (κ3) is 4.25. The molecule has 7 nitrogen and oxygen atoms in total. The van der Waals surface area contributed by atoms with E-state index in [0.717, 1.165) is 17.1 Å². The molecule has 0 atom stereocenters. The first kappa shape index (κ1) is 19.1. The van der Waals surface area contributed by atoms with E-state index in [1.807, 2.05) is 65.7 Å². The summed E-state index contributed by atoms with van der Waals surface area (Å²) < 4.78 is 11.0. The fourth-order valence-electron chi connectivity index (χ4n) is 2.84. The van der Waals surface area contributed by atoms with E-state index >= 15 is 0 Å². The van der Waals surface area contributed by atoms with Gasteiger partial charge in [0.15, 0.2) is 5.82 Å². The van der Waals surface area contributed by atoms with E-state index in [2.05, 4.69) is 15.4 Å². The number of nitrogen functional groups attached to an aromatic ring is 1. The van der Waals surface area contributed by atoms with E-state index in [4.69, 9.17) is 15.2 Å². The number of hydrogen-bond donors (Lipinski definition) is 2. The van der Waals surface area contributed by atoms with Gasteiger partial charge in [-0.3, -0.25) is 10.4 Å². The van der Waals surface area contributed by atoms with Crippen LogP contribution >= 0.6 is 0 Å². The van der Waals surface area contributed by atoms with Crippen LogP contribution in [0.4, 0.5) is 22.9 Å². The molecule has 0 fully saturated rings. The van der Waals surface area contributed by atoms with Crippen molar-refractivity contribution in [1.29, 1.82) is 0 Å². The molecule has 4 aromatic rings. The summed E-state index contributed by atoms with van der Waals surface area (Å²) in [6, 6.07) is 26.9. The van der Waals surface area contributed by atoms with Gasteiger partial charge in [-0.05, 0) is 48.5 Å². The molecule has 0 aliphatic carbocycles. The summed E-state index contributed by atoms with van der Waals surface area (Å²) in [7, 11) is 1.61. The second kappa shape index (κ2) is 8.83. The fourth-order valence-corrected chi connectivity index (χ4v) is 2.84. The molecule has 1 aromatic heterocycles. The summed E-state index contributed by atoms with van der Waals surface area (Å²) in [4.78, 5) is 8.49. The maximum atomic E-state index is 6.33. The maximum absolute atomic E-state index is 6.33. The lowest BCUT2D eigenvalue weighted by Gasteiger charge is -2.26. The van der Waals surface area contributed by atoms with Gasteiger partial charge in [0.05, 0.1) is 18.5 Å². The number of methoxy groups -OCH3 is 1. The minimum Gasteiger partial charge on any atom is -0.497 e. The predicted octanol–water partition coefficient (Wildman–Crippen LogP) is 5.02. The number of rotatable bonds is 7. The van der Waals surface area contributed by atoms with Crippen LogP contribution in [-0.4, -0.2) is 17.1 Å². The second-order valence-electron chi connectivity index (χ2n) is 6.34. The molecule has 1 heterocycles. The number of hydrogen-bond acceptors (Lipinski definition) is 7. The lowest BCUT2D eigenvalue weighted by Crippen LogP contribution is -2.25. The van der Waals surface area contributed by atoms with Gasteiger partial charge in [0.25, 0.3) is 0 Å². The van der Waals surface area contributed by atoms with Crippen molar-refractivity contribution >= 4 is 22.9 Å². The van der Waals surface area contributed by atoms with Gasteiger partial charge in [-0.15, -0.1) is 0 Å². The van der Waals surface area contributed by atoms with Crippen LogP contribution in [0.1, 0.15) is 0 Å². The first-order valence-corrected chi connectivity index (χ1v) is 9.34. The van der Waals surface area contributed by atoms with Gasteiger partial charge in [0.1, 0.15) is 23.5 Å². The van der Waals surface area contributed by atoms with E-state index in [-0.39, 0.29) is 5.88 Å². The topological polar surface area (TPSA) is 85.5 Å². The predicted molar refractivity (Wildman–Crippen MR) is 118 cm³/mol. The monoisotopic (exact) mass is 399 g/mol. The number of anilines is 4. The molecule has 0 unspecified atom stereocenters. The van der Waals surface area contributed by atoms with Crippen molar-refractivity contribution in [3.05, 3.63) is 91.3 Å². The van der Waals surface area contributed by atoms with Crippen LogP contribution in [0.15, 0.2) is 91.3 Å². The quantitative estimate of drug-likeness (QED) is 0.422. The molecule has 0 saturated carbocycles. The molecule has 4 rings (SSSR count). The summed E-state index contributed by atoms with van der Waals surface area (Å²) in [6.07, 6.45) is 1.41. The Morgan fingerprint density at radius 1 is 0.767 bits per heavy atom. The average Bonchev–Trinajstić information content (AvgIpc) is 2.81. The van der Waals surface area contributed by atoms with Gasteiger partial charge in [0.2, 0.25) is 5.88 Å². The van der Waals surface area contributed by atoms with E-state index in [0.29, 0.717) is 17.3 Å². The standard InChI is InChI=1S/C23H21N5O2/c1-29-19-12-14-20(15-13-19)30-23-21(24)22(25-16-26-23)27-28(17-8-4-2-5-9-17)18-10-6-3-7-11-18/h2-16H,24H2,1H3,(H,25,26,27). The van der Waals surface area contributed by atoms with E-state index in [9.17, 15) is 0 Å². The van der Waals surface area contributed by atoms with Crippen molar-refractivity contribution in [1.82, 2.24) is 9.97 Å². The molecular weight excluding hydrogens is 378 g/mol. The fraction of sp³-hybridized carbons (Fsp3) is 0.0435.